The topological polar surface area (TPSA) is 40.9 Å². The van der Waals surface area contributed by atoms with E-state index in [0.717, 1.165) is 0 Å². The number of hydrogen-bond donors (Lipinski definition) is 0. The first-order valence-corrected chi connectivity index (χ1v) is 6.42. The fraction of sp³-hybridized carbons (Fsp3) is 0.273. The van der Waals surface area contributed by atoms with Gasteiger partial charge in [0, 0.05) is 4.90 Å². The number of benzene rings is 1. The van der Waals surface area contributed by atoms with E-state index in [1.165, 1.54) is 25.1 Å². The average Bonchev–Trinajstić information content (AvgIpc) is 2.25. The highest BCUT2D eigenvalue weighted by Crippen LogP contribution is 2.39. The Bertz CT molecular complexity index is 510. The second-order valence-electron chi connectivity index (χ2n) is 3.38. The second kappa shape index (κ2) is 5.76. The quantitative estimate of drug-likeness (QED) is 0.613. The van der Waals surface area contributed by atoms with Gasteiger partial charge in [0.25, 0.3) is 0 Å². The molecule has 0 N–H and O–H groups in total. The number of rotatable bonds is 3. The third-order valence-corrected chi connectivity index (χ3v) is 3.87. The maximum Gasteiger partial charge on any atom is 0.446 e. The third kappa shape index (κ3) is 4.03. The smallest absolute Gasteiger partial charge is 0.298 e. The Morgan fingerprint density at radius 2 is 2.11 bits per heavy atom. The van der Waals surface area contributed by atoms with Gasteiger partial charge in [0.05, 0.1) is 16.5 Å². The summed E-state index contributed by atoms with van der Waals surface area (Å²) in [6.45, 7) is 1.30. The Morgan fingerprint density at radius 1 is 1.50 bits per heavy atom. The maximum absolute atomic E-state index is 12.2. The molecule has 0 spiro atoms. The molecule has 0 radical (unpaired) electrons. The predicted molar refractivity (Wildman–Crippen MR) is 65.4 cm³/mol. The van der Waals surface area contributed by atoms with E-state index < -0.39 is 10.3 Å². The number of nitriles is 1. The molecular formula is C11H7BrF3NOS. The van der Waals surface area contributed by atoms with Crippen molar-refractivity contribution >= 4 is 33.5 Å². The zero-order valence-corrected chi connectivity index (χ0v) is 11.5. The zero-order chi connectivity index (χ0) is 13.9. The van der Waals surface area contributed by atoms with Crippen LogP contribution in [0.5, 0.6) is 0 Å². The van der Waals surface area contributed by atoms with Crippen LogP contribution in [0.4, 0.5) is 13.2 Å². The van der Waals surface area contributed by atoms with Crippen molar-refractivity contribution in [3.63, 3.8) is 0 Å². The Morgan fingerprint density at radius 3 is 2.56 bits per heavy atom. The molecule has 0 bridgehead atoms. The van der Waals surface area contributed by atoms with E-state index in [9.17, 15) is 18.0 Å². The molecule has 96 valence electrons. The molecule has 1 aromatic carbocycles. The van der Waals surface area contributed by atoms with Crippen molar-refractivity contribution in [1.29, 1.82) is 5.26 Å². The van der Waals surface area contributed by atoms with Crippen LogP contribution in [0.1, 0.15) is 22.9 Å². The van der Waals surface area contributed by atoms with E-state index in [4.69, 9.17) is 5.26 Å². The van der Waals surface area contributed by atoms with Crippen molar-refractivity contribution in [3.8, 4) is 6.07 Å². The minimum absolute atomic E-state index is 0.0535. The molecule has 18 heavy (non-hydrogen) atoms. The van der Waals surface area contributed by atoms with Gasteiger partial charge in [0.15, 0.2) is 0 Å². The molecule has 0 heterocycles. The van der Waals surface area contributed by atoms with Gasteiger partial charge in [0.2, 0.25) is 0 Å². The molecule has 2 nitrogen and oxygen atoms in total. The number of hydrogen-bond acceptors (Lipinski definition) is 3. The van der Waals surface area contributed by atoms with E-state index in [0.29, 0.717) is 0 Å². The SMILES string of the molecule is CC(=O)C(Br)c1cc(SC(F)(F)F)ccc1C#N. The Balaban J connectivity index is 3.19. The molecule has 7 heteroatoms. The summed E-state index contributed by atoms with van der Waals surface area (Å²) in [6, 6.07) is 5.54. The van der Waals surface area contributed by atoms with Crippen LogP contribution in [-0.2, 0) is 4.79 Å². The fourth-order valence-electron chi connectivity index (χ4n) is 1.27. The van der Waals surface area contributed by atoms with Gasteiger partial charge in [-0.05, 0) is 42.4 Å². The number of ketones is 1. The van der Waals surface area contributed by atoms with Gasteiger partial charge in [-0.25, -0.2) is 0 Å². The van der Waals surface area contributed by atoms with E-state index in [1.807, 2.05) is 6.07 Å². The number of nitrogens with zero attached hydrogens (tertiary/aromatic N) is 1. The van der Waals surface area contributed by atoms with Crippen LogP contribution < -0.4 is 0 Å². The summed E-state index contributed by atoms with van der Waals surface area (Å²) in [5, 5.41) is 8.86. The lowest BCUT2D eigenvalue weighted by Crippen LogP contribution is -2.05. The first-order valence-electron chi connectivity index (χ1n) is 4.69. The monoisotopic (exact) mass is 337 g/mol. The summed E-state index contributed by atoms with van der Waals surface area (Å²) >= 11 is 2.79. The van der Waals surface area contributed by atoms with Gasteiger partial charge >= 0.3 is 5.51 Å². The Labute approximate surface area is 114 Å². The van der Waals surface area contributed by atoms with Crippen molar-refractivity contribution in [2.75, 3.05) is 0 Å². The molecule has 0 aromatic heterocycles. The van der Waals surface area contributed by atoms with Gasteiger partial charge < -0.3 is 0 Å². The van der Waals surface area contributed by atoms with Crippen LogP contribution in [0.25, 0.3) is 0 Å². The molecule has 0 aliphatic heterocycles. The van der Waals surface area contributed by atoms with Gasteiger partial charge in [-0.3, -0.25) is 4.79 Å². The average molecular weight is 338 g/mol. The number of carbonyl (C=O) groups is 1. The first kappa shape index (κ1) is 15.1. The van der Waals surface area contributed by atoms with E-state index in [-0.39, 0.29) is 33.6 Å². The minimum Gasteiger partial charge on any atom is -0.298 e. The second-order valence-corrected chi connectivity index (χ2v) is 5.44. The summed E-state index contributed by atoms with van der Waals surface area (Å²) in [5.41, 5.74) is -3.97. The van der Waals surface area contributed by atoms with Crippen molar-refractivity contribution in [2.24, 2.45) is 0 Å². The number of thioether (sulfide) groups is 1. The highest BCUT2D eigenvalue weighted by Gasteiger charge is 2.30. The zero-order valence-electron chi connectivity index (χ0n) is 9.08. The molecule has 0 aliphatic rings. The largest absolute Gasteiger partial charge is 0.446 e. The van der Waals surface area contributed by atoms with Crippen LogP contribution in [0.15, 0.2) is 23.1 Å². The molecular weight excluding hydrogens is 331 g/mol. The van der Waals surface area contributed by atoms with Crippen LogP contribution >= 0.6 is 27.7 Å². The van der Waals surface area contributed by atoms with Crippen LogP contribution in [-0.4, -0.2) is 11.3 Å². The first-order chi connectivity index (χ1) is 8.24. The van der Waals surface area contributed by atoms with Crippen LogP contribution in [0, 0.1) is 11.3 Å². The summed E-state index contributed by atoms with van der Waals surface area (Å²) in [7, 11) is 0. The standard InChI is InChI=1S/C11H7BrF3NOS/c1-6(17)10(12)9-4-8(18-11(13,14)15)3-2-7(9)5-16/h2-4,10H,1H3. The number of alkyl halides is 4. The molecule has 1 rings (SSSR count). The third-order valence-electron chi connectivity index (χ3n) is 2.01. The molecule has 1 atom stereocenters. The van der Waals surface area contributed by atoms with Crippen molar-refractivity contribution < 1.29 is 18.0 Å². The summed E-state index contributed by atoms with van der Waals surface area (Å²) < 4.78 is 36.7. The number of Topliss-reactive ketones (excluding diaryl/α,β-unsaturated/α-hetero) is 1. The lowest BCUT2D eigenvalue weighted by molar-refractivity contribution is -0.116. The van der Waals surface area contributed by atoms with E-state index in [1.54, 1.807) is 0 Å². The van der Waals surface area contributed by atoms with E-state index >= 15 is 0 Å². The molecule has 1 unspecified atom stereocenters. The highest BCUT2D eigenvalue weighted by atomic mass is 79.9. The van der Waals surface area contributed by atoms with Crippen molar-refractivity contribution in [2.45, 2.75) is 22.2 Å². The normalized spacial score (nSPS) is 12.9. The molecule has 1 aromatic rings. The lowest BCUT2D eigenvalue weighted by atomic mass is 10.0. The molecule has 0 fully saturated rings. The van der Waals surface area contributed by atoms with Gasteiger partial charge in [-0.2, -0.15) is 18.4 Å². The summed E-state index contributed by atoms with van der Waals surface area (Å²) in [4.78, 5) is 10.4. The highest BCUT2D eigenvalue weighted by molar-refractivity contribution is 9.09. The predicted octanol–water partition coefficient (Wildman–Crippen LogP) is 4.20. The van der Waals surface area contributed by atoms with Crippen LogP contribution in [0.2, 0.25) is 0 Å². The minimum atomic E-state index is -4.40. The molecule has 0 amide bonds. The summed E-state index contributed by atoms with van der Waals surface area (Å²) in [6.07, 6.45) is 0. The number of carbonyl (C=O) groups excluding carboxylic acids is 1. The molecule has 0 aliphatic carbocycles. The van der Waals surface area contributed by atoms with E-state index in [2.05, 4.69) is 15.9 Å². The van der Waals surface area contributed by atoms with Gasteiger partial charge in [0.1, 0.15) is 5.78 Å². The van der Waals surface area contributed by atoms with Crippen molar-refractivity contribution in [1.82, 2.24) is 0 Å². The van der Waals surface area contributed by atoms with Gasteiger partial charge in [-0.1, -0.05) is 15.9 Å². The summed E-state index contributed by atoms with van der Waals surface area (Å²) in [5.74, 6) is -0.277. The van der Waals surface area contributed by atoms with Crippen LogP contribution in [0.3, 0.4) is 0 Å². The van der Waals surface area contributed by atoms with Gasteiger partial charge in [-0.15, -0.1) is 0 Å². The fourth-order valence-corrected chi connectivity index (χ4v) is 2.24. The maximum atomic E-state index is 12.2. The number of halogens is 4. The molecule has 0 saturated heterocycles. The Hall–Kier alpha value is -1.00. The van der Waals surface area contributed by atoms with Crippen molar-refractivity contribution in [3.05, 3.63) is 29.3 Å². The lowest BCUT2D eigenvalue weighted by Gasteiger charge is -2.11. The Kier molecular flexibility index (Phi) is 4.82. The molecule has 0 saturated carbocycles.